The van der Waals surface area contributed by atoms with Gasteiger partial charge in [0, 0.05) is 26.0 Å². The zero-order valence-corrected chi connectivity index (χ0v) is 8.93. The van der Waals surface area contributed by atoms with Crippen LogP contribution in [0.5, 0.6) is 0 Å². The van der Waals surface area contributed by atoms with E-state index in [9.17, 15) is 9.59 Å². The number of carbonyl (C=O) groups excluding carboxylic acids is 2. The minimum atomic E-state index is -0.153. The van der Waals surface area contributed by atoms with Crippen LogP contribution < -0.4 is 0 Å². The van der Waals surface area contributed by atoms with Crippen molar-refractivity contribution in [1.82, 2.24) is 9.88 Å². The Morgan fingerprint density at radius 1 is 1.33 bits per heavy atom. The van der Waals surface area contributed by atoms with Crippen molar-refractivity contribution in [2.75, 3.05) is 7.05 Å². The highest BCUT2D eigenvalue weighted by Gasteiger charge is 2.10. The van der Waals surface area contributed by atoms with Crippen molar-refractivity contribution < 1.29 is 9.59 Å². The van der Waals surface area contributed by atoms with E-state index in [-0.39, 0.29) is 18.1 Å². The van der Waals surface area contributed by atoms with Gasteiger partial charge in [-0.15, -0.1) is 0 Å². The van der Waals surface area contributed by atoms with E-state index >= 15 is 0 Å². The number of carbonyl (C=O) groups is 2. The van der Waals surface area contributed by atoms with Crippen molar-refractivity contribution >= 4 is 11.7 Å². The van der Waals surface area contributed by atoms with Crippen molar-refractivity contribution in [3.63, 3.8) is 0 Å². The summed E-state index contributed by atoms with van der Waals surface area (Å²) in [6.07, 6.45) is 3.33. The van der Waals surface area contributed by atoms with Crippen molar-refractivity contribution in [2.45, 2.75) is 19.9 Å². The summed E-state index contributed by atoms with van der Waals surface area (Å²) in [6.45, 7) is 1.92. The van der Waals surface area contributed by atoms with Crippen LogP contribution in [0.3, 0.4) is 0 Å². The summed E-state index contributed by atoms with van der Waals surface area (Å²) in [5, 5.41) is 0. The topological polar surface area (TPSA) is 50.3 Å². The molecule has 0 atom stereocenters. The van der Waals surface area contributed by atoms with Crippen molar-refractivity contribution in [3.05, 3.63) is 30.1 Å². The zero-order chi connectivity index (χ0) is 11.3. The van der Waals surface area contributed by atoms with Crippen LogP contribution >= 0.6 is 0 Å². The summed E-state index contributed by atoms with van der Waals surface area (Å²) in [5.74, 6) is -0.263. The van der Waals surface area contributed by atoms with Crippen LogP contribution in [-0.2, 0) is 16.1 Å². The maximum absolute atomic E-state index is 11.4. The van der Waals surface area contributed by atoms with Crippen LogP contribution in [0.4, 0.5) is 0 Å². The van der Waals surface area contributed by atoms with Crippen molar-refractivity contribution in [3.8, 4) is 0 Å². The van der Waals surface area contributed by atoms with Crippen LogP contribution in [0, 0.1) is 0 Å². The Morgan fingerprint density at radius 3 is 2.47 bits per heavy atom. The van der Waals surface area contributed by atoms with Gasteiger partial charge in [-0.3, -0.25) is 14.6 Å². The molecule has 1 rings (SSSR count). The minimum absolute atomic E-state index is 0.0262. The number of pyridine rings is 1. The molecule has 1 aromatic heterocycles. The molecule has 0 saturated carbocycles. The average molecular weight is 206 g/mol. The van der Waals surface area contributed by atoms with E-state index in [0.29, 0.717) is 6.54 Å². The quantitative estimate of drug-likeness (QED) is 0.691. The monoisotopic (exact) mass is 206 g/mol. The molecular formula is C11H14N2O2. The van der Waals surface area contributed by atoms with Gasteiger partial charge in [-0.05, 0) is 24.6 Å². The number of hydrogen-bond donors (Lipinski definition) is 0. The molecule has 4 nitrogen and oxygen atoms in total. The van der Waals surface area contributed by atoms with E-state index in [1.165, 1.54) is 11.8 Å². The first-order valence-corrected chi connectivity index (χ1v) is 4.72. The van der Waals surface area contributed by atoms with Gasteiger partial charge in [-0.1, -0.05) is 0 Å². The standard InChI is InChI=1S/C11H14N2O2/c1-9(14)7-11(15)13(2)8-10-3-5-12-6-4-10/h3-6H,7-8H2,1-2H3. The zero-order valence-electron chi connectivity index (χ0n) is 8.93. The Bertz CT molecular complexity index is 349. The molecule has 1 amide bonds. The molecule has 0 fully saturated rings. The van der Waals surface area contributed by atoms with E-state index < -0.39 is 0 Å². The summed E-state index contributed by atoms with van der Waals surface area (Å²) >= 11 is 0. The molecule has 1 aromatic rings. The summed E-state index contributed by atoms with van der Waals surface area (Å²) in [7, 11) is 1.69. The lowest BCUT2D eigenvalue weighted by Gasteiger charge is -2.16. The first-order valence-electron chi connectivity index (χ1n) is 4.72. The fraction of sp³-hybridized carbons (Fsp3) is 0.364. The maximum atomic E-state index is 11.4. The van der Waals surface area contributed by atoms with Gasteiger partial charge >= 0.3 is 0 Å². The van der Waals surface area contributed by atoms with Gasteiger partial charge in [0.15, 0.2) is 0 Å². The van der Waals surface area contributed by atoms with Gasteiger partial charge in [-0.2, -0.15) is 0 Å². The van der Waals surface area contributed by atoms with E-state index in [1.807, 2.05) is 12.1 Å². The van der Waals surface area contributed by atoms with Gasteiger partial charge in [-0.25, -0.2) is 0 Å². The largest absolute Gasteiger partial charge is 0.341 e. The highest BCUT2D eigenvalue weighted by Crippen LogP contribution is 2.02. The molecule has 1 heterocycles. The van der Waals surface area contributed by atoms with E-state index in [1.54, 1.807) is 19.4 Å². The summed E-state index contributed by atoms with van der Waals surface area (Å²) in [5.41, 5.74) is 1.00. The lowest BCUT2D eigenvalue weighted by atomic mass is 10.2. The predicted molar refractivity (Wildman–Crippen MR) is 56.0 cm³/mol. The van der Waals surface area contributed by atoms with Gasteiger partial charge < -0.3 is 4.90 Å². The maximum Gasteiger partial charge on any atom is 0.230 e. The number of aromatic nitrogens is 1. The molecule has 0 aromatic carbocycles. The summed E-state index contributed by atoms with van der Waals surface area (Å²) < 4.78 is 0. The third-order valence-electron chi connectivity index (χ3n) is 2.00. The fourth-order valence-corrected chi connectivity index (χ4v) is 1.20. The molecule has 0 unspecified atom stereocenters. The Labute approximate surface area is 88.9 Å². The smallest absolute Gasteiger partial charge is 0.230 e. The van der Waals surface area contributed by atoms with Gasteiger partial charge in [0.1, 0.15) is 5.78 Å². The number of nitrogens with zero attached hydrogens (tertiary/aromatic N) is 2. The van der Waals surface area contributed by atoms with Crippen LogP contribution in [0.2, 0.25) is 0 Å². The number of ketones is 1. The number of hydrogen-bond acceptors (Lipinski definition) is 3. The fourth-order valence-electron chi connectivity index (χ4n) is 1.20. The number of Topliss-reactive ketones (excluding diaryl/α,β-unsaturated/α-hetero) is 1. The summed E-state index contributed by atoms with van der Waals surface area (Å²) in [6, 6.07) is 3.69. The molecule has 0 N–H and O–H groups in total. The Hall–Kier alpha value is -1.71. The third-order valence-corrected chi connectivity index (χ3v) is 2.00. The Kier molecular flexibility index (Phi) is 3.97. The van der Waals surface area contributed by atoms with Crippen molar-refractivity contribution in [2.24, 2.45) is 0 Å². The molecule has 15 heavy (non-hydrogen) atoms. The molecule has 0 spiro atoms. The van der Waals surface area contributed by atoms with Crippen LogP contribution in [0.25, 0.3) is 0 Å². The van der Waals surface area contributed by atoms with Crippen LogP contribution in [-0.4, -0.2) is 28.6 Å². The minimum Gasteiger partial charge on any atom is -0.341 e. The SMILES string of the molecule is CC(=O)CC(=O)N(C)Cc1ccncc1. The van der Waals surface area contributed by atoms with E-state index in [4.69, 9.17) is 0 Å². The molecule has 80 valence electrons. The van der Waals surface area contributed by atoms with Gasteiger partial charge in [0.2, 0.25) is 5.91 Å². The molecule has 4 heteroatoms. The van der Waals surface area contributed by atoms with Crippen LogP contribution in [0.1, 0.15) is 18.9 Å². The van der Waals surface area contributed by atoms with E-state index in [0.717, 1.165) is 5.56 Å². The number of rotatable bonds is 4. The summed E-state index contributed by atoms with van der Waals surface area (Å²) in [4.78, 5) is 27.6. The highest BCUT2D eigenvalue weighted by atomic mass is 16.2. The molecule has 0 saturated heterocycles. The molecule has 0 aliphatic heterocycles. The lowest BCUT2D eigenvalue weighted by Crippen LogP contribution is -2.27. The molecule has 0 bridgehead atoms. The van der Waals surface area contributed by atoms with Gasteiger partial charge in [0.25, 0.3) is 0 Å². The predicted octanol–water partition coefficient (Wildman–Crippen LogP) is 1.02. The normalized spacial score (nSPS) is 9.73. The molecule has 0 radical (unpaired) electrons. The van der Waals surface area contributed by atoms with Gasteiger partial charge in [0.05, 0.1) is 6.42 Å². The second-order valence-electron chi connectivity index (χ2n) is 3.48. The van der Waals surface area contributed by atoms with E-state index in [2.05, 4.69) is 4.98 Å². The molecular weight excluding hydrogens is 192 g/mol. The first kappa shape index (κ1) is 11.4. The third kappa shape index (κ3) is 3.89. The highest BCUT2D eigenvalue weighted by molar-refractivity contribution is 5.96. The Balaban J connectivity index is 2.52. The lowest BCUT2D eigenvalue weighted by molar-refractivity contribution is -0.134. The first-order chi connectivity index (χ1) is 7.09. The average Bonchev–Trinajstić information content (AvgIpc) is 2.18. The molecule has 0 aliphatic carbocycles. The number of amides is 1. The second kappa shape index (κ2) is 5.24. The van der Waals surface area contributed by atoms with Crippen molar-refractivity contribution in [1.29, 1.82) is 0 Å². The van der Waals surface area contributed by atoms with Crippen LogP contribution in [0.15, 0.2) is 24.5 Å². The second-order valence-corrected chi connectivity index (χ2v) is 3.48. The Morgan fingerprint density at radius 2 is 1.93 bits per heavy atom. The molecule has 0 aliphatic rings.